The molecule has 2 heterocycles. The Morgan fingerprint density at radius 2 is 1.96 bits per heavy atom. The number of rotatable bonds is 4. The van der Waals surface area contributed by atoms with Crippen LogP contribution in [-0.2, 0) is 0 Å². The highest BCUT2D eigenvalue weighted by Gasteiger charge is 2.13. The maximum Gasteiger partial charge on any atom is 0.252 e. The minimum atomic E-state index is -0.0356. The Morgan fingerprint density at radius 1 is 1.17 bits per heavy atom. The quantitative estimate of drug-likeness (QED) is 0.941. The molecule has 5 nitrogen and oxygen atoms in total. The SMILES string of the molecule is O=C(NCC1CCCCCCC1)c1ccc(-n2cccn2)nc1. The van der Waals surface area contributed by atoms with E-state index >= 15 is 0 Å². The number of nitrogens with zero attached hydrogens (tertiary/aromatic N) is 3. The van der Waals surface area contributed by atoms with E-state index in [0.717, 1.165) is 6.54 Å². The molecule has 0 spiro atoms. The van der Waals surface area contributed by atoms with Crippen LogP contribution >= 0.6 is 0 Å². The Labute approximate surface area is 137 Å². The third-order valence-corrected chi connectivity index (χ3v) is 4.53. The first-order valence-corrected chi connectivity index (χ1v) is 8.57. The average Bonchev–Trinajstić information content (AvgIpc) is 3.08. The largest absolute Gasteiger partial charge is 0.352 e. The zero-order chi connectivity index (χ0) is 15.9. The van der Waals surface area contributed by atoms with E-state index in [-0.39, 0.29) is 5.91 Å². The Kier molecular flexibility index (Phi) is 5.40. The van der Waals surface area contributed by atoms with Crippen molar-refractivity contribution in [1.82, 2.24) is 20.1 Å². The number of carbonyl (C=O) groups is 1. The smallest absolute Gasteiger partial charge is 0.252 e. The summed E-state index contributed by atoms with van der Waals surface area (Å²) in [4.78, 5) is 16.6. The Morgan fingerprint density at radius 3 is 2.61 bits per heavy atom. The van der Waals surface area contributed by atoms with E-state index in [1.54, 1.807) is 23.1 Å². The van der Waals surface area contributed by atoms with Crippen molar-refractivity contribution >= 4 is 5.91 Å². The van der Waals surface area contributed by atoms with Gasteiger partial charge in [-0.25, -0.2) is 9.67 Å². The summed E-state index contributed by atoms with van der Waals surface area (Å²) >= 11 is 0. The van der Waals surface area contributed by atoms with Crippen molar-refractivity contribution in [2.24, 2.45) is 5.92 Å². The van der Waals surface area contributed by atoms with Gasteiger partial charge in [0.1, 0.15) is 0 Å². The van der Waals surface area contributed by atoms with Crippen LogP contribution in [0.4, 0.5) is 0 Å². The summed E-state index contributed by atoms with van der Waals surface area (Å²) in [5.74, 6) is 1.30. The third kappa shape index (κ3) is 4.41. The lowest BCUT2D eigenvalue weighted by Crippen LogP contribution is -2.29. The van der Waals surface area contributed by atoms with Gasteiger partial charge in [0, 0.05) is 25.1 Å². The van der Waals surface area contributed by atoms with Crippen LogP contribution in [0.25, 0.3) is 5.82 Å². The highest BCUT2D eigenvalue weighted by Crippen LogP contribution is 2.21. The maximum absolute atomic E-state index is 12.3. The number of hydrogen-bond acceptors (Lipinski definition) is 3. The fourth-order valence-electron chi connectivity index (χ4n) is 3.14. The number of hydrogen-bond donors (Lipinski definition) is 1. The van der Waals surface area contributed by atoms with E-state index in [1.165, 1.54) is 44.9 Å². The van der Waals surface area contributed by atoms with E-state index in [4.69, 9.17) is 0 Å². The molecule has 1 amide bonds. The molecule has 0 atom stereocenters. The zero-order valence-corrected chi connectivity index (χ0v) is 13.4. The third-order valence-electron chi connectivity index (χ3n) is 4.53. The minimum absolute atomic E-state index is 0.0356. The minimum Gasteiger partial charge on any atom is -0.352 e. The van der Waals surface area contributed by atoms with Crippen molar-refractivity contribution in [2.75, 3.05) is 6.54 Å². The van der Waals surface area contributed by atoms with E-state index in [0.29, 0.717) is 17.3 Å². The molecule has 0 saturated heterocycles. The van der Waals surface area contributed by atoms with Crippen molar-refractivity contribution in [3.8, 4) is 5.82 Å². The van der Waals surface area contributed by atoms with Crippen LogP contribution in [0.1, 0.15) is 55.3 Å². The van der Waals surface area contributed by atoms with E-state index in [2.05, 4.69) is 15.4 Å². The summed E-state index contributed by atoms with van der Waals surface area (Å²) in [6, 6.07) is 5.46. The number of pyridine rings is 1. The molecule has 0 aromatic carbocycles. The molecule has 0 aliphatic heterocycles. The maximum atomic E-state index is 12.3. The highest BCUT2D eigenvalue weighted by molar-refractivity contribution is 5.93. The molecule has 23 heavy (non-hydrogen) atoms. The molecule has 2 aromatic rings. The van der Waals surface area contributed by atoms with Crippen LogP contribution in [0.15, 0.2) is 36.8 Å². The summed E-state index contributed by atoms with van der Waals surface area (Å²) in [5, 5.41) is 7.20. The van der Waals surface area contributed by atoms with Crippen LogP contribution < -0.4 is 5.32 Å². The van der Waals surface area contributed by atoms with E-state index in [9.17, 15) is 4.79 Å². The second-order valence-corrected chi connectivity index (χ2v) is 6.28. The Bertz CT molecular complexity index is 598. The lowest BCUT2D eigenvalue weighted by atomic mass is 9.91. The van der Waals surface area contributed by atoms with Gasteiger partial charge in [0.05, 0.1) is 5.56 Å². The van der Waals surface area contributed by atoms with Gasteiger partial charge in [-0.1, -0.05) is 32.1 Å². The topological polar surface area (TPSA) is 59.8 Å². The molecule has 0 unspecified atom stereocenters. The summed E-state index contributed by atoms with van der Waals surface area (Å²) in [6.07, 6.45) is 14.2. The van der Waals surface area contributed by atoms with Crippen molar-refractivity contribution in [2.45, 2.75) is 44.9 Å². The lowest BCUT2D eigenvalue weighted by Gasteiger charge is -2.20. The molecule has 2 aromatic heterocycles. The van der Waals surface area contributed by atoms with Crippen LogP contribution in [-0.4, -0.2) is 27.2 Å². The molecule has 1 aliphatic rings. The highest BCUT2D eigenvalue weighted by atomic mass is 16.1. The van der Waals surface area contributed by atoms with Gasteiger partial charge in [0.25, 0.3) is 5.91 Å². The molecule has 3 rings (SSSR count). The van der Waals surface area contributed by atoms with Gasteiger partial charge in [-0.15, -0.1) is 0 Å². The van der Waals surface area contributed by atoms with Crippen molar-refractivity contribution in [1.29, 1.82) is 0 Å². The van der Waals surface area contributed by atoms with Crippen LogP contribution in [0, 0.1) is 5.92 Å². The van der Waals surface area contributed by atoms with Gasteiger partial charge in [-0.05, 0) is 37.0 Å². The fourth-order valence-corrected chi connectivity index (χ4v) is 3.14. The van der Waals surface area contributed by atoms with Crippen LogP contribution in [0.2, 0.25) is 0 Å². The standard InChI is InChI=1S/C18H24N4O/c23-18(20-13-15-7-4-2-1-3-5-8-15)16-9-10-17(19-14-16)22-12-6-11-21-22/h6,9-12,14-15H,1-5,7-8,13H2,(H,20,23). The molecular weight excluding hydrogens is 288 g/mol. The monoisotopic (exact) mass is 312 g/mol. The van der Waals surface area contributed by atoms with E-state index < -0.39 is 0 Å². The molecular formula is C18H24N4O. The number of carbonyl (C=O) groups excluding carboxylic acids is 1. The van der Waals surface area contributed by atoms with Crippen LogP contribution in [0.3, 0.4) is 0 Å². The van der Waals surface area contributed by atoms with Crippen molar-refractivity contribution < 1.29 is 4.79 Å². The summed E-state index contributed by atoms with van der Waals surface area (Å²) in [6.45, 7) is 0.778. The summed E-state index contributed by atoms with van der Waals surface area (Å²) in [7, 11) is 0. The van der Waals surface area contributed by atoms with Gasteiger partial charge in [-0.2, -0.15) is 5.10 Å². The molecule has 1 aliphatic carbocycles. The first kappa shape index (κ1) is 15.7. The normalized spacial score (nSPS) is 16.5. The van der Waals surface area contributed by atoms with Gasteiger partial charge in [0.15, 0.2) is 5.82 Å². The van der Waals surface area contributed by atoms with E-state index in [1.807, 2.05) is 18.3 Å². The van der Waals surface area contributed by atoms with Gasteiger partial charge < -0.3 is 5.32 Å². The molecule has 5 heteroatoms. The van der Waals surface area contributed by atoms with Crippen LogP contribution in [0.5, 0.6) is 0 Å². The predicted molar refractivity (Wildman–Crippen MR) is 89.5 cm³/mol. The summed E-state index contributed by atoms with van der Waals surface area (Å²) in [5.41, 5.74) is 0.603. The molecule has 1 fully saturated rings. The molecule has 1 N–H and O–H groups in total. The Hall–Kier alpha value is -2.17. The molecule has 0 bridgehead atoms. The fraction of sp³-hybridized carbons (Fsp3) is 0.500. The lowest BCUT2D eigenvalue weighted by molar-refractivity contribution is 0.0944. The van der Waals surface area contributed by atoms with Gasteiger partial charge in [-0.3, -0.25) is 4.79 Å². The van der Waals surface area contributed by atoms with Crippen molar-refractivity contribution in [3.05, 3.63) is 42.4 Å². The number of nitrogens with one attached hydrogen (secondary N) is 1. The van der Waals surface area contributed by atoms with Gasteiger partial charge >= 0.3 is 0 Å². The zero-order valence-electron chi connectivity index (χ0n) is 13.4. The predicted octanol–water partition coefficient (Wildman–Crippen LogP) is 3.36. The molecule has 1 saturated carbocycles. The molecule has 122 valence electrons. The Balaban J connectivity index is 1.53. The van der Waals surface area contributed by atoms with Crippen molar-refractivity contribution in [3.63, 3.8) is 0 Å². The van der Waals surface area contributed by atoms with Gasteiger partial charge in [0.2, 0.25) is 0 Å². The second kappa shape index (κ2) is 7.90. The molecule has 0 radical (unpaired) electrons. The first-order chi connectivity index (χ1) is 11.3. The first-order valence-electron chi connectivity index (χ1n) is 8.57. The number of aromatic nitrogens is 3. The number of amides is 1. The second-order valence-electron chi connectivity index (χ2n) is 6.28. The average molecular weight is 312 g/mol. The summed E-state index contributed by atoms with van der Waals surface area (Å²) < 4.78 is 1.68.